The van der Waals surface area contributed by atoms with Crippen molar-refractivity contribution in [3.8, 4) is 5.75 Å². The first kappa shape index (κ1) is 14.2. The van der Waals surface area contributed by atoms with E-state index in [9.17, 15) is 13.2 Å². The Labute approximate surface area is 102 Å². The van der Waals surface area contributed by atoms with Crippen LogP contribution in [0.4, 0.5) is 13.2 Å². The predicted octanol–water partition coefficient (Wildman–Crippen LogP) is 3.34. The highest BCUT2D eigenvalue weighted by atomic mass is 32.2. The fraction of sp³-hybridized carbons (Fsp3) is 0.455. The summed E-state index contributed by atoms with van der Waals surface area (Å²) in [6.07, 6.45) is 0. The molecule has 1 aromatic rings. The zero-order valence-electron chi connectivity index (χ0n) is 9.33. The van der Waals surface area contributed by atoms with E-state index in [4.69, 9.17) is 10.5 Å². The van der Waals surface area contributed by atoms with Gasteiger partial charge in [0.25, 0.3) is 0 Å². The van der Waals surface area contributed by atoms with E-state index in [0.717, 1.165) is 5.56 Å². The van der Waals surface area contributed by atoms with Crippen molar-refractivity contribution in [2.45, 2.75) is 18.5 Å². The topological polar surface area (TPSA) is 35.2 Å². The Kier molecular flexibility index (Phi) is 5.14. The number of benzene rings is 1. The first-order chi connectivity index (χ1) is 7.90. The van der Waals surface area contributed by atoms with Crippen LogP contribution >= 0.6 is 11.8 Å². The third kappa shape index (κ3) is 5.32. The summed E-state index contributed by atoms with van der Waals surface area (Å²) >= 11 is -0.0892. The molecule has 17 heavy (non-hydrogen) atoms. The summed E-state index contributed by atoms with van der Waals surface area (Å²) < 4.78 is 40.9. The lowest BCUT2D eigenvalue weighted by atomic mass is 10.1. The van der Waals surface area contributed by atoms with Gasteiger partial charge in [0, 0.05) is 17.4 Å². The number of nitrogens with two attached hydrogens (primary N) is 1. The minimum Gasteiger partial charge on any atom is -0.492 e. The molecular weight excluding hydrogens is 251 g/mol. The van der Waals surface area contributed by atoms with Crippen molar-refractivity contribution in [2.24, 2.45) is 5.73 Å². The Hall–Kier alpha value is -0.880. The van der Waals surface area contributed by atoms with Crippen molar-refractivity contribution >= 4 is 11.8 Å². The van der Waals surface area contributed by atoms with E-state index >= 15 is 0 Å². The van der Waals surface area contributed by atoms with Crippen molar-refractivity contribution in [3.05, 3.63) is 29.8 Å². The molecule has 1 atom stereocenters. The smallest absolute Gasteiger partial charge is 0.441 e. The van der Waals surface area contributed by atoms with Gasteiger partial charge in [-0.2, -0.15) is 13.2 Å². The molecule has 0 aliphatic heterocycles. The molecule has 0 saturated heterocycles. The largest absolute Gasteiger partial charge is 0.492 e. The molecule has 0 bridgehead atoms. The van der Waals surface area contributed by atoms with Crippen LogP contribution < -0.4 is 10.5 Å². The van der Waals surface area contributed by atoms with Crippen LogP contribution in [0.1, 0.15) is 18.5 Å². The van der Waals surface area contributed by atoms with Crippen LogP contribution in [-0.4, -0.2) is 17.9 Å². The highest BCUT2D eigenvalue weighted by Gasteiger charge is 2.27. The summed E-state index contributed by atoms with van der Waals surface area (Å²) in [5.74, 6) is 0.418. The van der Waals surface area contributed by atoms with Gasteiger partial charge < -0.3 is 10.5 Å². The number of alkyl halides is 3. The third-order valence-electron chi connectivity index (χ3n) is 2.02. The Morgan fingerprint density at radius 3 is 2.59 bits per heavy atom. The molecule has 0 fully saturated rings. The molecule has 2 N–H and O–H groups in total. The minimum absolute atomic E-state index is 0.00785. The van der Waals surface area contributed by atoms with Crippen LogP contribution in [-0.2, 0) is 0 Å². The van der Waals surface area contributed by atoms with Crippen LogP contribution in [0.25, 0.3) is 0 Å². The molecule has 0 spiro atoms. The number of rotatable bonds is 5. The maximum atomic E-state index is 11.9. The fourth-order valence-electron chi connectivity index (χ4n) is 1.30. The normalized spacial score (nSPS) is 13.5. The molecular formula is C11H14F3NOS. The molecule has 0 heterocycles. The van der Waals surface area contributed by atoms with Gasteiger partial charge in [0.2, 0.25) is 0 Å². The lowest BCUT2D eigenvalue weighted by Crippen LogP contribution is -2.11. The number of ether oxygens (including phenoxy) is 1. The Morgan fingerprint density at radius 2 is 2.00 bits per heavy atom. The van der Waals surface area contributed by atoms with Crippen molar-refractivity contribution in [3.63, 3.8) is 0 Å². The lowest BCUT2D eigenvalue weighted by Gasteiger charge is -2.13. The molecule has 0 radical (unpaired) electrons. The molecule has 0 unspecified atom stereocenters. The van der Waals surface area contributed by atoms with E-state index in [1.165, 1.54) is 0 Å². The van der Waals surface area contributed by atoms with Crippen LogP contribution in [0.5, 0.6) is 5.75 Å². The number of para-hydroxylation sites is 1. The van der Waals surface area contributed by atoms with E-state index in [0.29, 0.717) is 5.75 Å². The van der Waals surface area contributed by atoms with Crippen LogP contribution in [0.15, 0.2) is 24.3 Å². The van der Waals surface area contributed by atoms with Gasteiger partial charge in [0.05, 0.1) is 6.61 Å². The third-order valence-corrected chi connectivity index (χ3v) is 2.71. The van der Waals surface area contributed by atoms with Gasteiger partial charge in [-0.3, -0.25) is 0 Å². The molecule has 0 aliphatic rings. The monoisotopic (exact) mass is 265 g/mol. The molecule has 96 valence electrons. The average Bonchev–Trinajstić information content (AvgIpc) is 2.23. The number of hydrogen-bond acceptors (Lipinski definition) is 3. The minimum atomic E-state index is -4.20. The molecule has 0 saturated carbocycles. The summed E-state index contributed by atoms with van der Waals surface area (Å²) in [7, 11) is 0. The molecule has 0 aliphatic carbocycles. The Balaban J connectivity index is 2.47. The van der Waals surface area contributed by atoms with Crippen molar-refractivity contribution in [2.75, 3.05) is 12.4 Å². The number of halogens is 3. The standard InChI is InChI=1S/C11H14F3NOS/c1-8(15)9-4-2-3-5-10(9)16-6-7-17-11(12,13)14/h2-5,8H,6-7,15H2,1H3/t8-/m0/s1. The molecule has 0 amide bonds. The summed E-state index contributed by atoms with van der Waals surface area (Å²) in [4.78, 5) is 0. The summed E-state index contributed by atoms with van der Waals surface area (Å²) in [5.41, 5.74) is 2.31. The van der Waals surface area contributed by atoms with Crippen LogP contribution in [0.2, 0.25) is 0 Å². The van der Waals surface area contributed by atoms with E-state index in [2.05, 4.69) is 0 Å². The second kappa shape index (κ2) is 6.16. The molecule has 2 nitrogen and oxygen atoms in total. The lowest BCUT2D eigenvalue weighted by molar-refractivity contribution is -0.0329. The molecule has 0 aromatic heterocycles. The predicted molar refractivity (Wildman–Crippen MR) is 63.1 cm³/mol. The van der Waals surface area contributed by atoms with Crippen molar-refractivity contribution in [1.82, 2.24) is 0 Å². The first-order valence-electron chi connectivity index (χ1n) is 5.08. The Bertz CT molecular complexity index is 355. The van der Waals surface area contributed by atoms with Gasteiger partial charge in [-0.05, 0) is 24.8 Å². The summed E-state index contributed by atoms with van der Waals surface area (Å²) in [6, 6.07) is 6.88. The highest BCUT2D eigenvalue weighted by molar-refractivity contribution is 8.00. The molecule has 1 aromatic carbocycles. The number of thioether (sulfide) groups is 1. The fourth-order valence-corrected chi connectivity index (χ4v) is 1.70. The van der Waals surface area contributed by atoms with Crippen LogP contribution in [0.3, 0.4) is 0 Å². The van der Waals surface area contributed by atoms with Crippen LogP contribution in [0, 0.1) is 0 Å². The maximum absolute atomic E-state index is 11.9. The van der Waals surface area contributed by atoms with Crippen molar-refractivity contribution in [1.29, 1.82) is 0 Å². The SMILES string of the molecule is C[C@H](N)c1ccccc1OCCSC(F)(F)F. The molecule has 6 heteroatoms. The van der Waals surface area contributed by atoms with Gasteiger partial charge >= 0.3 is 5.51 Å². The van der Waals surface area contributed by atoms with Gasteiger partial charge in [-0.25, -0.2) is 0 Å². The highest BCUT2D eigenvalue weighted by Crippen LogP contribution is 2.30. The van der Waals surface area contributed by atoms with E-state index in [1.807, 2.05) is 6.07 Å². The molecule has 1 rings (SSSR count). The Morgan fingerprint density at radius 1 is 1.35 bits per heavy atom. The zero-order chi connectivity index (χ0) is 12.9. The zero-order valence-corrected chi connectivity index (χ0v) is 10.1. The van der Waals surface area contributed by atoms with Gasteiger partial charge in [-0.1, -0.05) is 18.2 Å². The van der Waals surface area contributed by atoms with E-state index in [1.54, 1.807) is 25.1 Å². The summed E-state index contributed by atoms with van der Waals surface area (Å²) in [6.45, 7) is 1.81. The number of hydrogen-bond donors (Lipinski definition) is 1. The van der Waals surface area contributed by atoms with Gasteiger partial charge in [0.1, 0.15) is 5.75 Å². The second-order valence-electron chi connectivity index (χ2n) is 3.47. The van der Waals surface area contributed by atoms with E-state index in [-0.39, 0.29) is 30.2 Å². The maximum Gasteiger partial charge on any atom is 0.441 e. The first-order valence-corrected chi connectivity index (χ1v) is 6.06. The summed E-state index contributed by atoms with van der Waals surface area (Å²) in [5, 5.41) is 0. The van der Waals surface area contributed by atoms with Gasteiger partial charge in [0.15, 0.2) is 0 Å². The second-order valence-corrected chi connectivity index (χ2v) is 4.63. The van der Waals surface area contributed by atoms with E-state index < -0.39 is 5.51 Å². The average molecular weight is 265 g/mol. The van der Waals surface area contributed by atoms with Gasteiger partial charge in [-0.15, -0.1) is 0 Å². The quantitative estimate of drug-likeness (QED) is 0.829. The van der Waals surface area contributed by atoms with Crippen molar-refractivity contribution < 1.29 is 17.9 Å².